The van der Waals surface area contributed by atoms with E-state index < -0.39 is 0 Å². The molecule has 0 unspecified atom stereocenters. The number of nitrogens with zero attached hydrogens (tertiary/aromatic N) is 3. The zero-order valence-electron chi connectivity index (χ0n) is 29.7. The van der Waals surface area contributed by atoms with Crippen molar-refractivity contribution >= 4 is 33.4 Å². The first-order valence-corrected chi connectivity index (χ1v) is 18.3. The van der Waals surface area contributed by atoms with Gasteiger partial charge in [-0.3, -0.25) is 0 Å². The van der Waals surface area contributed by atoms with Crippen molar-refractivity contribution in [3.8, 4) is 44.8 Å². The average Bonchev–Trinajstić information content (AvgIpc) is 3.73. The van der Waals surface area contributed by atoms with E-state index in [1.807, 2.05) is 0 Å². The zero-order valence-corrected chi connectivity index (χ0v) is 29.7. The van der Waals surface area contributed by atoms with Crippen molar-refractivity contribution in [2.24, 2.45) is 0 Å². The summed E-state index contributed by atoms with van der Waals surface area (Å²) in [4.78, 5) is 2.47. The maximum absolute atomic E-state index is 5.47. The van der Waals surface area contributed by atoms with Crippen molar-refractivity contribution < 1.29 is 0 Å². The number of anilines is 3. The minimum Gasteiger partial charge on any atom is -0.309 e. The number of hydrogen-bond acceptors (Lipinski definition) is 2. The Labute approximate surface area is 310 Å². The fourth-order valence-corrected chi connectivity index (χ4v) is 8.54. The lowest BCUT2D eigenvalue weighted by Gasteiger charge is -2.30. The Hall–Kier alpha value is -6.71. The van der Waals surface area contributed by atoms with Crippen molar-refractivity contribution in [3.05, 3.63) is 199 Å². The van der Waals surface area contributed by atoms with E-state index in [9.17, 15) is 0 Å². The van der Waals surface area contributed by atoms with E-state index in [1.54, 1.807) is 0 Å². The standard InChI is InChI=1S/C50H37N3/c1-50(2)41-29-16-15-27-39(41)47-42(50)30-18-32-44(47)52(37-25-13-6-14-26-37)43-31-17-28-38-40(43)33-45(34-19-7-3-8-20-34)53-49(38)46(35-21-9-4-10-22-35)48(51-53)36-23-11-5-12-24-36/h3-33H,1-2H3. The quantitative estimate of drug-likeness (QED) is 0.174. The summed E-state index contributed by atoms with van der Waals surface area (Å²) in [6.45, 7) is 4.70. The summed E-state index contributed by atoms with van der Waals surface area (Å²) >= 11 is 0. The third-order valence-electron chi connectivity index (χ3n) is 11.0. The molecule has 0 amide bonds. The molecule has 53 heavy (non-hydrogen) atoms. The van der Waals surface area contributed by atoms with Gasteiger partial charge in [0.1, 0.15) is 5.69 Å². The highest BCUT2D eigenvalue weighted by molar-refractivity contribution is 6.13. The molecule has 9 aromatic rings. The molecule has 252 valence electrons. The van der Waals surface area contributed by atoms with E-state index in [1.165, 1.54) is 27.9 Å². The summed E-state index contributed by atoms with van der Waals surface area (Å²) in [5.74, 6) is 0. The topological polar surface area (TPSA) is 20.5 Å². The molecule has 0 N–H and O–H groups in total. The summed E-state index contributed by atoms with van der Waals surface area (Å²) in [7, 11) is 0. The van der Waals surface area contributed by atoms with Gasteiger partial charge in [-0.2, -0.15) is 5.10 Å². The Morgan fingerprint density at radius 2 is 1.04 bits per heavy atom. The van der Waals surface area contributed by atoms with E-state index in [4.69, 9.17) is 5.10 Å². The van der Waals surface area contributed by atoms with Gasteiger partial charge in [-0.05, 0) is 52.6 Å². The Morgan fingerprint density at radius 1 is 0.472 bits per heavy atom. The van der Waals surface area contributed by atoms with E-state index >= 15 is 0 Å². The highest BCUT2D eigenvalue weighted by Crippen LogP contribution is 2.55. The average molecular weight is 680 g/mol. The highest BCUT2D eigenvalue weighted by atomic mass is 15.2. The summed E-state index contributed by atoms with van der Waals surface area (Å²) < 4.78 is 2.18. The van der Waals surface area contributed by atoms with Crippen LogP contribution >= 0.6 is 0 Å². The first kappa shape index (κ1) is 31.1. The van der Waals surface area contributed by atoms with Gasteiger partial charge in [0.25, 0.3) is 0 Å². The number of benzene rings is 7. The van der Waals surface area contributed by atoms with Crippen molar-refractivity contribution in [2.75, 3.05) is 4.90 Å². The lowest BCUT2D eigenvalue weighted by Crippen LogP contribution is -2.16. The number of rotatable bonds is 6. The summed E-state index contributed by atoms with van der Waals surface area (Å²) in [6, 6.07) is 67.7. The highest BCUT2D eigenvalue weighted by Gasteiger charge is 2.38. The molecule has 10 rings (SSSR count). The van der Waals surface area contributed by atoms with Crippen molar-refractivity contribution in [1.29, 1.82) is 0 Å². The molecule has 1 aliphatic carbocycles. The molecular formula is C50H37N3. The molecule has 2 heterocycles. The minimum atomic E-state index is -0.119. The van der Waals surface area contributed by atoms with Crippen LogP contribution in [0.15, 0.2) is 188 Å². The fraction of sp³-hybridized carbons (Fsp3) is 0.0600. The molecule has 2 aromatic heterocycles. The van der Waals surface area contributed by atoms with E-state index in [2.05, 4.69) is 211 Å². The molecule has 0 saturated carbocycles. The van der Waals surface area contributed by atoms with Crippen molar-refractivity contribution in [2.45, 2.75) is 19.3 Å². The molecule has 0 radical (unpaired) electrons. The van der Waals surface area contributed by atoms with Crippen LogP contribution < -0.4 is 4.90 Å². The maximum atomic E-state index is 5.47. The predicted molar refractivity (Wildman–Crippen MR) is 221 cm³/mol. The molecule has 0 spiro atoms. The number of hydrogen-bond donors (Lipinski definition) is 0. The van der Waals surface area contributed by atoms with Gasteiger partial charge in [-0.15, -0.1) is 0 Å². The summed E-state index contributed by atoms with van der Waals surface area (Å²) in [6.07, 6.45) is 0. The molecule has 0 aliphatic heterocycles. The van der Waals surface area contributed by atoms with E-state index in [0.29, 0.717) is 0 Å². The maximum Gasteiger partial charge on any atom is 0.101 e. The van der Waals surface area contributed by atoms with Crippen LogP contribution in [0, 0.1) is 0 Å². The molecule has 3 heteroatoms. The molecule has 1 aliphatic rings. The SMILES string of the molecule is CC1(C)c2ccccc2-c2c(N(c3ccccc3)c3cccc4c3cc(-c3ccccc3)n3nc(-c5ccccc5)c(-c5ccccc5)c43)cccc21. The van der Waals surface area contributed by atoms with Crippen molar-refractivity contribution in [3.63, 3.8) is 0 Å². The van der Waals surface area contributed by atoms with Crippen LogP contribution in [0.2, 0.25) is 0 Å². The van der Waals surface area contributed by atoms with Gasteiger partial charge >= 0.3 is 0 Å². The molecule has 0 saturated heterocycles. The Balaban J connectivity index is 1.35. The molecular weight excluding hydrogens is 643 g/mol. The van der Waals surface area contributed by atoms with Crippen LogP contribution in [-0.2, 0) is 5.41 Å². The molecule has 3 nitrogen and oxygen atoms in total. The van der Waals surface area contributed by atoms with Crippen LogP contribution in [0.25, 0.3) is 61.1 Å². The number of pyridine rings is 1. The normalized spacial score (nSPS) is 12.9. The molecule has 7 aromatic carbocycles. The first-order valence-electron chi connectivity index (χ1n) is 18.3. The van der Waals surface area contributed by atoms with Gasteiger partial charge in [0, 0.05) is 44.1 Å². The fourth-order valence-electron chi connectivity index (χ4n) is 8.54. The largest absolute Gasteiger partial charge is 0.309 e. The second-order valence-electron chi connectivity index (χ2n) is 14.4. The first-order chi connectivity index (χ1) is 26.1. The van der Waals surface area contributed by atoms with Crippen LogP contribution in [0.3, 0.4) is 0 Å². The van der Waals surface area contributed by atoms with Gasteiger partial charge < -0.3 is 4.90 Å². The Bertz CT molecular complexity index is 2780. The van der Waals surface area contributed by atoms with Crippen LogP contribution in [0.4, 0.5) is 17.1 Å². The molecule has 0 bridgehead atoms. The predicted octanol–water partition coefficient (Wildman–Crippen LogP) is 13.3. The number of para-hydroxylation sites is 1. The minimum absolute atomic E-state index is 0.119. The van der Waals surface area contributed by atoms with Crippen LogP contribution in [0.1, 0.15) is 25.0 Å². The second kappa shape index (κ2) is 12.2. The Kier molecular flexibility index (Phi) is 7.16. The second-order valence-corrected chi connectivity index (χ2v) is 14.4. The van der Waals surface area contributed by atoms with Gasteiger partial charge in [-0.25, -0.2) is 4.52 Å². The number of fused-ring (bicyclic) bond motifs is 6. The van der Waals surface area contributed by atoms with Gasteiger partial charge in [0.2, 0.25) is 0 Å². The third kappa shape index (κ3) is 4.85. The molecule has 0 fully saturated rings. The molecule has 0 atom stereocenters. The van der Waals surface area contributed by atoms with Gasteiger partial charge in [0.15, 0.2) is 0 Å². The zero-order chi connectivity index (χ0) is 35.5. The van der Waals surface area contributed by atoms with Gasteiger partial charge in [0.05, 0.1) is 22.6 Å². The number of aromatic nitrogens is 2. The van der Waals surface area contributed by atoms with Crippen LogP contribution in [0.5, 0.6) is 0 Å². The summed E-state index contributed by atoms with van der Waals surface area (Å²) in [5, 5.41) is 7.77. The van der Waals surface area contributed by atoms with Gasteiger partial charge in [-0.1, -0.05) is 172 Å². The van der Waals surface area contributed by atoms with Crippen molar-refractivity contribution in [1.82, 2.24) is 9.61 Å². The lowest BCUT2D eigenvalue weighted by molar-refractivity contribution is 0.660. The third-order valence-corrected chi connectivity index (χ3v) is 11.0. The van der Waals surface area contributed by atoms with E-state index in [0.717, 1.165) is 61.3 Å². The smallest absolute Gasteiger partial charge is 0.101 e. The van der Waals surface area contributed by atoms with Crippen LogP contribution in [-0.4, -0.2) is 9.61 Å². The Morgan fingerprint density at radius 3 is 1.75 bits per heavy atom. The lowest BCUT2D eigenvalue weighted by atomic mass is 9.82. The summed E-state index contributed by atoms with van der Waals surface area (Å²) in [5.41, 5.74) is 16.1. The van der Waals surface area contributed by atoms with E-state index in [-0.39, 0.29) is 5.41 Å². The monoisotopic (exact) mass is 679 g/mol.